The summed E-state index contributed by atoms with van der Waals surface area (Å²) in [7, 11) is -4.85. The van der Waals surface area contributed by atoms with E-state index in [9.17, 15) is 8.42 Å². The van der Waals surface area contributed by atoms with Crippen molar-refractivity contribution in [2.75, 3.05) is 6.54 Å². The summed E-state index contributed by atoms with van der Waals surface area (Å²) in [6.07, 6.45) is 0. The first kappa shape index (κ1) is 25.6. The van der Waals surface area contributed by atoms with Crippen molar-refractivity contribution in [3.05, 3.63) is 97.1 Å². The normalized spacial score (nSPS) is 13.5. The van der Waals surface area contributed by atoms with E-state index in [1.165, 1.54) is 0 Å². The maximum atomic E-state index is 14.4. The first-order chi connectivity index (χ1) is 16.6. The molecule has 3 nitrogen and oxygen atoms in total. The van der Waals surface area contributed by atoms with E-state index >= 15 is 0 Å². The van der Waals surface area contributed by atoms with Crippen molar-refractivity contribution in [2.45, 2.75) is 45.6 Å². The minimum Gasteiger partial charge on any atom is -0.207 e. The molecular weight excluding hydrogens is 469 g/mol. The number of sulfonamides is 1. The first-order valence-electron chi connectivity index (χ1n) is 12.1. The van der Waals surface area contributed by atoms with Gasteiger partial charge < -0.3 is 0 Å². The van der Waals surface area contributed by atoms with Crippen LogP contribution in [0, 0.1) is 5.41 Å². The molecule has 0 saturated carbocycles. The Morgan fingerprint density at radius 1 is 0.771 bits per heavy atom. The highest BCUT2D eigenvalue weighted by atomic mass is 32.2. The average Bonchev–Trinajstić information content (AvgIpc) is 2.85. The molecule has 0 heterocycles. The van der Waals surface area contributed by atoms with E-state index in [4.69, 9.17) is 0 Å². The van der Waals surface area contributed by atoms with Crippen molar-refractivity contribution in [1.82, 2.24) is 4.31 Å². The minimum atomic E-state index is -3.77. The third kappa shape index (κ3) is 5.21. The Balaban J connectivity index is 2.04. The lowest BCUT2D eigenvalue weighted by Crippen LogP contribution is -2.46. The van der Waals surface area contributed by atoms with E-state index in [0.717, 1.165) is 26.7 Å². The van der Waals surface area contributed by atoms with Crippen LogP contribution in [0.1, 0.15) is 34.6 Å². The van der Waals surface area contributed by atoms with Gasteiger partial charge in [0, 0.05) is 17.9 Å². The Morgan fingerprint density at radius 2 is 1.23 bits per heavy atom. The smallest absolute Gasteiger partial charge is 0.207 e. The Hall–Kier alpha value is -2.52. The molecule has 0 bridgehead atoms. The molecule has 0 N–H and O–H groups in total. The van der Waals surface area contributed by atoms with Crippen LogP contribution in [0.25, 0.3) is 10.8 Å². The summed E-state index contributed by atoms with van der Waals surface area (Å²) in [6, 6.07) is 32.4. The molecule has 1 atom stereocenters. The van der Waals surface area contributed by atoms with Gasteiger partial charge in [-0.15, -0.1) is 0 Å². The van der Waals surface area contributed by atoms with Crippen LogP contribution in [0.4, 0.5) is 0 Å². The predicted molar refractivity (Wildman–Crippen MR) is 151 cm³/mol. The average molecular weight is 504 g/mol. The molecule has 4 aromatic carbocycles. The molecule has 0 amide bonds. The summed E-state index contributed by atoms with van der Waals surface area (Å²) < 4.78 is 30.5. The number of nitrogens with zero attached hydrogens (tertiary/aromatic N) is 1. The molecule has 4 rings (SSSR count). The summed E-state index contributed by atoms with van der Waals surface area (Å²) in [6.45, 7) is 10.6. The number of hydrogen-bond acceptors (Lipinski definition) is 2. The first-order valence-corrected chi connectivity index (χ1v) is 14.9. The molecular formula is C30H34NO2PS. The molecule has 182 valence electrons. The molecule has 0 saturated heterocycles. The van der Waals surface area contributed by atoms with Crippen molar-refractivity contribution in [3.8, 4) is 0 Å². The van der Waals surface area contributed by atoms with Gasteiger partial charge in [0.1, 0.15) is 0 Å². The zero-order valence-electron chi connectivity index (χ0n) is 21.1. The van der Waals surface area contributed by atoms with Crippen LogP contribution in [-0.4, -0.2) is 25.3 Å². The fourth-order valence-electron chi connectivity index (χ4n) is 4.38. The quantitative estimate of drug-likeness (QED) is 0.288. The molecule has 0 aromatic heterocycles. The molecule has 0 radical (unpaired) electrons. The SMILES string of the molecule is CCN([C@@H](C)C(C)(C)C)S(=O)(=O)c1cc2ccccc2cc1P(c1ccccc1)c1ccccc1. The van der Waals surface area contributed by atoms with Gasteiger partial charge in [-0.1, -0.05) is 113 Å². The third-order valence-electron chi connectivity index (χ3n) is 6.68. The fraction of sp³-hybridized carbons (Fsp3) is 0.267. The maximum Gasteiger partial charge on any atom is 0.244 e. The van der Waals surface area contributed by atoms with E-state index < -0.39 is 17.9 Å². The molecule has 0 spiro atoms. The van der Waals surface area contributed by atoms with Crippen LogP contribution in [0.15, 0.2) is 102 Å². The second-order valence-corrected chi connectivity index (χ2v) is 14.0. The summed E-state index contributed by atoms with van der Waals surface area (Å²) in [5.41, 5.74) is -0.191. The van der Waals surface area contributed by atoms with Gasteiger partial charge in [0.2, 0.25) is 10.0 Å². The molecule has 0 aliphatic heterocycles. The molecule has 0 aliphatic carbocycles. The molecule has 0 unspecified atom stereocenters. The van der Waals surface area contributed by atoms with Gasteiger partial charge in [0.25, 0.3) is 0 Å². The lowest BCUT2D eigenvalue weighted by Gasteiger charge is -2.37. The van der Waals surface area contributed by atoms with Crippen molar-refractivity contribution >= 4 is 44.6 Å². The van der Waals surface area contributed by atoms with E-state index in [1.54, 1.807) is 4.31 Å². The van der Waals surface area contributed by atoms with Gasteiger partial charge in [0.15, 0.2) is 0 Å². The van der Waals surface area contributed by atoms with Crippen LogP contribution >= 0.6 is 7.92 Å². The number of rotatable bonds is 7. The van der Waals surface area contributed by atoms with Crippen molar-refractivity contribution in [1.29, 1.82) is 0 Å². The Labute approximate surface area is 211 Å². The van der Waals surface area contributed by atoms with Crippen LogP contribution < -0.4 is 15.9 Å². The fourth-order valence-corrected chi connectivity index (χ4v) is 9.27. The van der Waals surface area contributed by atoms with Crippen molar-refractivity contribution < 1.29 is 8.42 Å². The molecule has 4 aromatic rings. The van der Waals surface area contributed by atoms with Crippen molar-refractivity contribution in [2.24, 2.45) is 5.41 Å². The molecule has 35 heavy (non-hydrogen) atoms. The van der Waals surface area contributed by atoms with Gasteiger partial charge in [-0.2, -0.15) is 4.31 Å². The second kappa shape index (κ2) is 10.2. The molecule has 0 fully saturated rings. The molecule has 0 aliphatic rings. The maximum absolute atomic E-state index is 14.4. The van der Waals surface area contributed by atoms with Crippen molar-refractivity contribution in [3.63, 3.8) is 0 Å². The zero-order chi connectivity index (χ0) is 25.2. The lowest BCUT2D eigenvalue weighted by molar-refractivity contribution is 0.198. The predicted octanol–water partition coefficient (Wildman–Crippen LogP) is 6.04. The Bertz CT molecular complexity index is 1360. The topological polar surface area (TPSA) is 37.4 Å². The summed E-state index contributed by atoms with van der Waals surface area (Å²) >= 11 is 0. The van der Waals surface area contributed by atoms with Gasteiger partial charge in [-0.3, -0.25) is 0 Å². The Morgan fingerprint density at radius 3 is 1.69 bits per heavy atom. The van der Waals surface area contributed by atoms with Crippen LogP contribution in [0.3, 0.4) is 0 Å². The van der Waals surface area contributed by atoms with Crippen LogP contribution in [0.2, 0.25) is 0 Å². The van der Waals surface area contributed by atoms with E-state index in [0.29, 0.717) is 11.4 Å². The number of hydrogen-bond donors (Lipinski definition) is 0. The highest BCUT2D eigenvalue weighted by Crippen LogP contribution is 2.38. The minimum absolute atomic E-state index is 0.156. The number of benzene rings is 4. The monoisotopic (exact) mass is 503 g/mol. The van der Waals surface area contributed by atoms with E-state index in [2.05, 4.69) is 57.2 Å². The van der Waals surface area contributed by atoms with Gasteiger partial charge in [-0.25, -0.2) is 8.42 Å². The molecule has 5 heteroatoms. The summed E-state index contributed by atoms with van der Waals surface area (Å²) in [4.78, 5) is 0.410. The summed E-state index contributed by atoms with van der Waals surface area (Å²) in [5, 5.41) is 5.12. The Kier molecular flexibility index (Phi) is 7.47. The largest absolute Gasteiger partial charge is 0.244 e. The van der Waals surface area contributed by atoms with Gasteiger partial charge in [-0.05, 0) is 53.8 Å². The highest BCUT2D eigenvalue weighted by Gasteiger charge is 2.37. The van der Waals surface area contributed by atoms with Gasteiger partial charge in [0.05, 0.1) is 4.90 Å². The van der Waals surface area contributed by atoms with E-state index in [-0.39, 0.29) is 11.5 Å². The van der Waals surface area contributed by atoms with E-state index in [1.807, 2.05) is 74.5 Å². The third-order valence-corrected chi connectivity index (χ3v) is 11.4. The van der Waals surface area contributed by atoms with Crippen LogP contribution in [0.5, 0.6) is 0 Å². The zero-order valence-corrected chi connectivity index (χ0v) is 22.9. The number of fused-ring (bicyclic) bond motifs is 1. The standard InChI is InChI=1S/C30H34NO2PS/c1-6-31(23(2)30(3,4)5)35(32,33)29-22-25-16-14-13-15-24(25)21-28(29)34(26-17-9-7-10-18-26)27-19-11-8-12-20-27/h7-23H,6H2,1-5H3/t23-/m0/s1. The second-order valence-electron chi connectivity index (χ2n) is 9.92. The lowest BCUT2D eigenvalue weighted by atomic mass is 9.88. The van der Waals surface area contributed by atoms with Gasteiger partial charge >= 0.3 is 0 Å². The highest BCUT2D eigenvalue weighted by molar-refractivity contribution is 7.90. The summed E-state index contributed by atoms with van der Waals surface area (Å²) in [5.74, 6) is 0. The van der Waals surface area contributed by atoms with Crippen LogP contribution in [-0.2, 0) is 10.0 Å².